The molecule has 0 saturated carbocycles. The van der Waals surface area contributed by atoms with Crippen LogP contribution in [0.25, 0.3) is 0 Å². The van der Waals surface area contributed by atoms with Crippen LogP contribution in [-0.4, -0.2) is 50.3 Å². The predicted octanol–water partition coefficient (Wildman–Crippen LogP) is 4.27. The van der Waals surface area contributed by atoms with Gasteiger partial charge >= 0.3 is 0 Å². The monoisotopic (exact) mass is 458 g/mol. The summed E-state index contributed by atoms with van der Waals surface area (Å²) in [4.78, 5) is 15.3. The minimum atomic E-state index is -3.54. The summed E-state index contributed by atoms with van der Waals surface area (Å²) in [6, 6.07) is 14.9. The molecule has 3 rings (SSSR count). The standard InChI is InChI=1S/C25H34N2O4S/c1-5-26(18-20-6-10-23(31-4)11-7-20)25(28)22-14-16-27(17-15-22)32(29,30)24-12-8-21(9-13-24)19(2)3/h6-13,19,22H,5,14-18H2,1-4H3. The van der Waals surface area contributed by atoms with Gasteiger partial charge in [-0.1, -0.05) is 38.1 Å². The number of amides is 1. The fourth-order valence-electron chi connectivity index (χ4n) is 4.07. The van der Waals surface area contributed by atoms with Crippen molar-refractivity contribution in [1.82, 2.24) is 9.21 Å². The van der Waals surface area contributed by atoms with E-state index in [0.29, 0.717) is 49.8 Å². The third-order valence-electron chi connectivity index (χ3n) is 6.21. The van der Waals surface area contributed by atoms with E-state index in [1.165, 1.54) is 4.31 Å². The van der Waals surface area contributed by atoms with Gasteiger partial charge in [0.05, 0.1) is 12.0 Å². The lowest BCUT2D eigenvalue weighted by Crippen LogP contribution is -2.44. The summed E-state index contributed by atoms with van der Waals surface area (Å²) in [5.41, 5.74) is 2.16. The molecular formula is C25H34N2O4S. The van der Waals surface area contributed by atoms with Crippen molar-refractivity contribution in [3.8, 4) is 5.75 Å². The van der Waals surface area contributed by atoms with Crippen molar-refractivity contribution in [1.29, 1.82) is 0 Å². The Balaban J connectivity index is 1.61. The molecule has 0 aromatic heterocycles. The number of benzene rings is 2. The molecule has 174 valence electrons. The van der Waals surface area contributed by atoms with Crippen LogP contribution in [0.15, 0.2) is 53.4 Å². The summed E-state index contributed by atoms with van der Waals surface area (Å²) in [5, 5.41) is 0. The van der Waals surface area contributed by atoms with Gasteiger partial charge in [0, 0.05) is 32.1 Å². The summed E-state index contributed by atoms with van der Waals surface area (Å²) >= 11 is 0. The number of hydrogen-bond acceptors (Lipinski definition) is 4. The lowest BCUT2D eigenvalue weighted by molar-refractivity contribution is -0.137. The smallest absolute Gasteiger partial charge is 0.243 e. The number of sulfonamides is 1. The molecule has 0 bridgehead atoms. The molecule has 6 nitrogen and oxygen atoms in total. The molecule has 0 atom stereocenters. The average molecular weight is 459 g/mol. The zero-order valence-electron chi connectivity index (χ0n) is 19.5. The third-order valence-corrected chi connectivity index (χ3v) is 8.13. The predicted molar refractivity (Wildman–Crippen MR) is 126 cm³/mol. The van der Waals surface area contributed by atoms with Gasteiger partial charge in [-0.05, 0) is 61.1 Å². The molecule has 32 heavy (non-hydrogen) atoms. The van der Waals surface area contributed by atoms with E-state index in [-0.39, 0.29) is 11.8 Å². The fourth-order valence-corrected chi connectivity index (χ4v) is 5.54. The highest BCUT2D eigenvalue weighted by Gasteiger charge is 2.33. The molecule has 2 aromatic rings. The number of nitrogens with zero attached hydrogens (tertiary/aromatic N) is 2. The van der Waals surface area contributed by atoms with E-state index in [1.54, 1.807) is 19.2 Å². The molecule has 1 heterocycles. The Kier molecular flexibility index (Phi) is 7.96. The maximum absolute atomic E-state index is 13.1. The van der Waals surface area contributed by atoms with Crippen molar-refractivity contribution < 1.29 is 17.9 Å². The third kappa shape index (κ3) is 5.51. The van der Waals surface area contributed by atoms with Crippen molar-refractivity contribution in [3.63, 3.8) is 0 Å². The van der Waals surface area contributed by atoms with Gasteiger partial charge in [-0.15, -0.1) is 0 Å². The molecule has 0 unspecified atom stereocenters. The Labute approximate surface area is 192 Å². The Hall–Kier alpha value is -2.38. The summed E-state index contributed by atoms with van der Waals surface area (Å²) in [5.74, 6) is 1.09. The molecule has 0 radical (unpaired) electrons. The number of carbonyl (C=O) groups excluding carboxylic acids is 1. The summed E-state index contributed by atoms with van der Waals surface area (Å²) in [7, 11) is -1.91. The Morgan fingerprint density at radius 2 is 1.66 bits per heavy atom. The van der Waals surface area contributed by atoms with Crippen LogP contribution in [0.1, 0.15) is 50.7 Å². The number of methoxy groups -OCH3 is 1. The molecule has 0 aliphatic carbocycles. The zero-order chi connectivity index (χ0) is 23.3. The van der Waals surface area contributed by atoms with E-state index in [4.69, 9.17) is 4.74 Å². The first-order valence-electron chi connectivity index (χ1n) is 11.3. The van der Waals surface area contributed by atoms with E-state index < -0.39 is 10.0 Å². The van der Waals surface area contributed by atoms with Gasteiger partial charge in [0.15, 0.2) is 0 Å². The quantitative estimate of drug-likeness (QED) is 0.593. The molecule has 1 saturated heterocycles. The second-order valence-corrected chi connectivity index (χ2v) is 10.5. The highest BCUT2D eigenvalue weighted by atomic mass is 32.2. The first-order chi connectivity index (χ1) is 15.3. The van der Waals surface area contributed by atoms with Crippen LogP contribution in [0.2, 0.25) is 0 Å². The van der Waals surface area contributed by atoms with E-state index in [1.807, 2.05) is 48.2 Å². The second kappa shape index (κ2) is 10.5. The average Bonchev–Trinajstić information content (AvgIpc) is 2.82. The lowest BCUT2D eigenvalue weighted by Gasteiger charge is -2.33. The number of rotatable bonds is 8. The van der Waals surface area contributed by atoms with Crippen LogP contribution in [0.4, 0.5) is 0 Å². The van der Waals surface area contributed by atoms with Gasteiger partial charge in [-0.3, -0.25) is 4.79 Å². The molecule has 1 aliphatic rings. The second-order valence-electron chi connectivity index (χ2n) is 8.60. The maximum atomic E-state index is 13.1. The van der Waals surface area contributed by atoms with Crippen LogP contribution >= 0.6 is 0 Å². The summed E-state index contributed by atoms with van der Waals surface area (Å²) in [6.07, 6.45) is 1.09. The van der Waals surface area contributed by atoms with Crippen LogP contribution < -0.4 is 4.74 Å². The number of piperidine rings is 1. The summed E-state index contributed by atoms with van der Waals surface area (Å²) in [6.45, 7) is 8.03. The van der Waals surface area contributed by atoms with Gasteiger partial charge in [0.1, 0.15) is 5.75 Å². The lowest BCUT2D eigenvalue weighted by atomic mass is 9.96. The molecule has 0 spiro atoms. The largest absolute Gasteiger partial charge is 0.497 e. The zero-order valence-corrected chi connectivity index (χ0v) is 20.3. The van der Waals surface area contributed by atoms with Crippen molar-refractivity contribution in [2.24, 2.45) is 5.92 Å². The minimum absolute atomic E-state index is 0.0988. The van der Waals surface area contributed by atoms with Gasteiger partial charge in [0.2, 0.25) is 15.9 Å². The van der Waals surface area contributed by atoms with Gasteiger partial charge in [-0.25, -0.2) is 8.42 Å². The molecule has 7 heteroatoms. The SMILES string of the molecule is CCN(Cc1ccc(OC)cc1)C(=O)C1CCN(S(=O)(=O)c2ccc(C(C)C)cc2)CC1. The van der Waals surface area contributed by atoms with Crippen LogP contribution in [-0.2, 0) is 21.4 Å². The van der Waals surface area contributed by atoms with E-state index in [2.05, 4.69) is 13.8 Å². The minimum Gasteiger partial charge on any atom is -0.497 e. The van der Waals surface area contributed by atoms with E-state index in [0.717, 1.165) is 16.9 Å². The first-order valence-corrected chi connectivity index (χ1v) is 12.7. The van der Waals surface area contributed by atoms with Crippen molar-refractivity contribution >= 4 is 15.9 Å². The van der Waals surface area contributed by atoms with Crippen LogP contribution in [0.3, 0.4) is 0 Å². The molecular weight excluding hydrogens is 424 g/mol. The van der Waals surface area contributed by atoms with E-state index in [9.17, 15) is 13.2 Å². The fraction of sp³-hybridized carbons (Fsp3) is 0.480. The first kappa shape index (κ1) is 24.3. The number of hydrogen-bond donors (Lipinski definition) is 0. The van der Waals surface area contributed by atoms with Gasteiger partial charge in [-0.2, -0.15) is 4.31 Å². The van der Waals surface area contributed by atoms with Crippen molar-refractivity contribution in [2.45, 2.75) is 51.0 Å². The van der Waals surface area contributed by atoms with Crippen molar-refractivity contribution in [2.75, 3.05) is 26.7 Å². The highest BCUT2D eigenvalue weighted by Crippen LogP contribution is 2.27. The molecule has 0 N–H and O–H groups in total. The molecule has 1 fully saturated rings. The molecule has 1 amide bonds. The maximum Gasteiger partial charge on any atom is 0.243 e. The van der Waals surface area contributed by atoms with Gasteiger partial charge in [0.25, 0.3) is 0 Å². The Morgan fingerprint density at radius 3 is 2.16 bits per heavy atom. The normalized spacial score (nSPS) is 15.7. The Bertz CT molecular complexity index is 993. The van der Waals surface area contributed by atoms with Crippen LogP contribution in [0.5, 0.6) is 5.75 Å². The highest BCUT2D eigenvalue weighted by molar-refractivity contribution is 7.89. The van der Waals surface area contributed by atoms with Gasteiger partial charge < -0.3 is 9.64 Å². The Morgan fingerprint density at radius 1 is 1.06 bits per heavy atom. The van der Waals surface area contributed by atoms with Crippen LogP contribution in [0, 0.1) is 5.92 Å². The summed E-state index contributed by atoms with van der Waals surface area (Å²) < 4.78 is 32.8. The number of ether oxygens (including phenoxy) is 1. The van der Waals surface area contributed by atoms with Crippen molar-refractivity contribution in [3.05, 3.63) is 59.7 Å². The molecule has 1 aliphatic heterocycles. The molecule has 2 aromatic carbocycles. The topological polar surface area (TPSA) is 66.9 Å². The van der Waals surface area contributed by atoms with E-state index >= 15 is 0 Å². The number of carbonyl (C=O) groups is 1.